The fourth-order valence-electron chi connectivity index (χ4n) is 2.62. The zero-order valence-corrected chi connectivity index (χ0v) is 13.8. The second-order valence-electron chi connectivity index (χ2n) is 6.43. The van der Waals surface area contributed by atoms with Gasteiger partial charge in [0.2, 0.25) is 0 Å². The van der Waals surface area contributed by atoms with Crippen molar-refractivity contribution in [2.24, 2.45) is 17.3 Å². The molecule has 1 aliphatic carbocycles. The van der Waals surface area contributed by atoms with Gasteiger partial charge in [-0.1, -0.05) is 61.4 Å². The average Bonchev–Trinajstić information content (AvgIpc) is 2.98. The van der Waals surface area contributed by atoms with Crippen LogP contribution in [0, 0.1) is 24.2 Å². The third kappa shape index (κ3) is 4.08. The monoisotopic (exact) mass is 346 g/mol. The van der Waals surface area contributed by atoms with Crippen molar-refractivity contribution in [2.45, 2.75) is 33.6 Å². The summed E-state index contributed by atoms with van der Waals surface area (Å²) >= 11 is 5.26. The molecule has 23 heavy (non-hydrogen) atoms. The molecule has 1 fully saturated rings. The second-order valence-corrected chi connectivity index (χ2v) is 6.84. The molecule has 0 bridgehead atoms. The van der Waals surface area contributed by atoms with Crippen LogP contribution in [0.1, 0.15) is 25.0 Å². The van der Waals surface area contributed by atoms with Crippen LogP contribution in [0.25, 0.3) is 0 Å². The summed E-state index contributed by atoms with van der Waals surface area (Å²) in [4.78, 5) is 12.1. The minimum Gasteiger partial charge on any atom is -0.461 e. The van der Waals surface area contributed by atoms with Gasteiger partial charge in [-0.25, -0.2) is 0 Å². The maximum absolute atomic E-state index is 12.5. The Morgan fingerprint density at radius 1 is 1.30 bits per heavy atom. The number of hydrogen-bond donors (Lipinski definition) is 0. The van der Waals surface area contributed by atoms with E-state index in [0.29, 0.717) is 0 Å². The van der Waals surface area contributed by atoms with Crippen LogP contribution in [0.15, 0.2) is 35.4 Å². The summed E-state index contributed by atoms with van der Waals surface area (Å²) in [5.41, 5.74) is 1.34. The Bertz CT molecular complexity index is 618. The third-order valence-corrected chi connectivity index (χ3v) is 4.60. The second kappa shape index (κ2) is 6.19. The molecule has 2 atom stereocenters. The van der Waals surface area contributed by atoms with E-state index in [9.17, 15) is 18.0 Å². The number of benzene rings is 1. The number of halogens is 4. The van der Waals surface area contributed by atoms with Crippen molar-refractivity contribution >= 4 is 17.6 Å². The first-order valence-corrected chi connectivity index (χ1v) is 7.58. The van der Waals surface area contributed by atoms with Crippen molar-refractivity contribution < 1.29 is 22.7 Å². The molecule has 1 aliphatic rings. The number of ether oxygens (including phenoxy) is 1. The lowest BCUT2D eigenvalue weighted by molar-refractivity contribution is -0.147. The van der Waals surface area contributed by atoms with E-state index >= 15 is 0 Å². The molecular weight excluding hydrogens is 329 g/mol. The number of alkyl halides is 3. The molecule has 0 saturated heterocycles. The topological polar surface area (TPSA) is 26.3 Å². The zero-order chi connectivity index (χ0) is 17.4. The van der Waals surface area contributed by atoms with Crippen LogP contribution in [0.5, 0.6) is 0 Å². The molecule has 6 heteroatoms. The summed E-state index contributed by atoms with van der Waals surface area (Å²) in [6, 6.07) is 7.49. The first-order valence-electron chi connectivity index (χ1n) is 7.20. The lowest BCUT2D eigenvalue weighted by atomic mass is 10.1. The van der Waals surface area contributed by atoms with Crippen molar-refractivity contribution in [3.8, 4) is 0 Å². The number of hydrogen-bond acceptors (Lipinski definition) is 2. The summed E-state index contributed by atoms with van der Waals surface area (Å²) < 4.78 is 42.7. The van der Waals surface area contributed by atoms with Gasteiger partial charge in [-0.05, 0) is 23.8 Å². The Labute approximate surface area is 138 Å². The van der Waals surface area contributed by atoms with E-state index in [1.54, 1.807) is 13.8 Å². The number of allylic oxidation sites excluding steroid dienone is 2. The standard InChI is InChI=1S/C17H18ClF3O2/c1-10-4-6-11(7-5-10)9-23-15(22)14-12(16(14,2)3)8-13(18)17(19,20)21/h4-8,12,14H,9H2,1-3H3/b13-8-/t12-,14-/m1/s1. The van der Waals surface area contributed by atoms with Crippen LogP contribution >= 0.6 is 11.6 Å². The molecule has 0 aliphatic heterocycles. The summed E-state index contributed by atoms with van der Waals surface area (Å²) in [7, 11) is 0. The average molecular weight is 347 g/mol. The van der Waals surface area contributed by atoms with Gasteiger partial charge in [0.1, 0.15) is 11.6 Å². The molecule has 1 aromatic rings. The lowest BCUT2D eigenvalue weighted by Gasteiger charge is -2.06. The van der Waals surface area contributed by atoms with Crippen LogP contribution in [-0.4, -0.2) is 12.1 Å². The summed E-state index contributed by atoms with van der Waals surface area (Å²) in [5, 5.41) is -1.19. The van der Waals surface area contributed by atoms with E-state index in [1.807, 2.05) is 31.2 Å². The van der Waals surface area contributed by atoms with Crippen LogP contribution in [0.2, 0.25) is 0 Å². The molecule has 0 aromatic heterocycles. The fraction of sp³-hybridized carbons (Fsp3) is 0.471. The van der Waals surface area contributed by atoms with E-state index in [0.717, 1.165) is 17.2 Å². The smallest absolute Gasteiger partial charge is 0.426 e. The Morgan fingerprint density at radius 2 is 1.87 bits per heavy atom. The van der Waals surface area contributed by atoms with Gasteiger partial charge in [0.05, 0.1) is 5.92 Å². The Hall–Kier alpha value is -1.49. The van der Waals surface area contributed by atoms with Crippen LogP contribution in [0.3, 0.4) is 0 Å². The molecule has 1 saturated carbocycles. The molecule has 2 nitrogen and oxygen atoms in total. The van der Waals surface area contributed by atoms with Gasteiger partial charge in [-0.3, -0.25) is 4.79 Å². The molecule has 1 aromatic carbocycles. The van der Waals surface area contributed by atoms with E-state index in [2.05, 4.69) is 0 Å². The molecule has 0 radical (unpaired) electrons. The predicted octanol–water partition coefficient (Wildman–Crippen LogP) is 5.00. The molecule has 0 heterocycles. The molecular formula is C17H18ClF3O2. The highest BCUT2D eigenvalue weighted by atomic mass is 35.5. The van der Waals surface area contributed by atoms with Crippen molar-refractivity contribution in [1.29, 1.82) is 0 Å². The van der Waals surface area contributed by atoms with Crippen LogP contribution in [0.4, 0.5) is 13.2 Å². The maximum Gasteiger partial charge on any atom is 0.426 e. The van der Waals surface area contributed by atoms with Gasteiger partial charge in [0, 0.05) is 0 Å². The summed E-state index contributed by atoms with van der Waals surface area (Å²) in [6.07, 6.45) is -3.67. The fourth-order valence-corrected chi connectivity index (χ4v) is 2.76. The maximum atomic E-state index is 12.5. The largest absolute Gasteiger partial charge is 0.461 e. The highest BCUT2D eigenvalue weighted by Crippen LogP contribution is 2.60. The molecule has 0 spiro atoms. The van der Waals surface area contributed by atoms with Crippen molar-refractivity contribution in [3.05, 3.63) is 46.5 Å². The number of carbonyl (C=O) groups excluding carboxylic acids is 1. The molecule has 2 rings (SSSR count). The quantitative estimate of drug-likeness (QED) is 0.717. The normalized spacial score (nSPS) is 23.5. The number of esters is 1. The zero-order valence-electron chi connectivity index (χ0n) is 13.1. The van der Waals surface area contributed by atoms with Gasteiger partial charge in [-0.2, -0.15) is 13.2 Å². The predicted molar refractivity (Wildman–Crippen MR) is 81.7 cm³/mol. The van der Waals surface area contributed by atoms with Gasteiger partial charge in [0.15, 0.2) is 0 Å². The van der Waals surface area contributed by atoms with Gasteiger partial charge < -0.3 is 4.74 Å². The van der Waals surface area contributed by atoms with Crippen molar-refractivity contribution in [2.75, 3.05) is 0 Å². The van der Waals surface area contributed by atoms with Gasteiger partial charge >= 0.3 is 12.1 Å². The summed E-state index contributed by atoms with van der Waals surface area (Å²) in [5.74, 6) is -1.67. The first kappa shape index (κ1) is 17.9. The minimum atomic E-state index is -4.59. The van der Waals surface area contributed by atoms with Gasteiger partial charge in [0.25, 0.3) is 0 Å². The number of carbonyl (C=O) groups is 1. The van der Waals surface area contributed by atoms with Gasteiger partial charge in [-0.15, -0.1) is 0 Å². The first-order chi connectivity index (χ1) is 10.5. The summed E-state index contributed by atoms with van der Waals surface area (Å²) in [6.45, 7) is 5.51. The van der Waals surface area contributed by atoms with E-state index in [4.69, 9.17) is 16.3 Å². The SMILES string of the molecule is Cc1ccc(COC(=O)[C@H]2[C@@H](/C=C(\Cl)C(F)(F)F)C2(C)C)cc1. The number of rotatable bonds is 4. The Morgan fingerprint density at radius 3 is 2.39 bits per heavy atom. The molecule has 126 valence electrons. The van der Waals surface area contributed by atoms with Crippen LogP contribution in [-0.2, 0) is 16.1 Å². The highest BCUT2D eigenvalue weighted by Gasteiger charge is 2.62. The lowest BCUT2D eigenvalue weighted by Crippen LogP contribution is -2.11. The van der Waals surface area contributed by atoms with E-state index in [-0.39, 0.29) is 6.61 Å². The minimum absolute atomic E-state index is 0.106. The Kier molecular flexibility index (Phi) is 4.81. The van der Waals surface area contributed by atoms with Crippen molar-refractivity contribution in [1.82, 2.24) is 0 Å². The van der Waals surface area contributed by atoms with Crippen molar-refractivity contribution in [3.63, 3.8) is 0 Å². The van der Waals surface area contributed by atoms with Crippen LogP contribution < -0.4 is 0 Å². The Balaban J connectivity index is 1.98. The number of aryl methyl sites for hydroxylation is 1. The highest BCUT2D eigenvalue weighted by molar-refractivity contribution is 6.30. The van der Waals surface area contributed by atoms with E-state index in [1.165, 1.54) is 0 Å². The third-order valence-electron chi connectivity index (χ3n) is 4.26. The molecule has 0 N–H and O–H groups in total. The van der Waals surface area contributed by atoms with E-state index < -0.39 is 34.4 Å². The molecule has 0 amide bonds. The molecule has 0 unspecified atom stereocenters.